The fourth-order valence-corrected chi connectivity index (χ4v) is 3.64. The summed E-state index contributed by atoms with van der Waals surface area (Å²) in [5.41, 5.74) is 0.876. The first-order chi connectivity index (χ1) is 10.1. The maximum Gasteiger partial charge on any atom is 0.573 e. The number of benzene rings is 1. The zero-order valence-electron chi connectivity index (χ0n) is 13.2. The van der Waals surface area contributed by atoms with Gasteiger partial charge in [-0.25, -0.2) is 0 Å². The Hall–Kier alpha value is -1.39. The Kier molecular flexibility index (Phi) is 4.64. The number of anilines is 1. The molecule has 2 rings (SSSR count). The van der Waals surface area contributed by atoms with Crippen LogP contribution in [-0.4, -0.2) is 12.4 Å². The highest BCUT2D eigenvalue weighted by Crippen LogP contribution is 2.43. The first-order valence-corrected chi connectivity index (χ1v) is 7.52. The monoisotopic (exact) mass is 314 g/mol. The molecule has 123 valence electrons. The normalized spacial score (nSPS) is 28.2. The van der Waals surface area contributed by atoms with Crippen LogP contribution in [0.4, 0.5) is 18.9 Å². The predicted octanol–water partition coefficient (Wildman–Crippen LogP) is 5.27. The number of halogens is 3. The van der Waals surface area contributed by atoms with E-state index in [1.54, 1.807) is 12.1 Å². The van der Waals surface area contributed by atoms with Crippen molar-refractivity contribution < 1.29 is 17.9 Å². The molecule has 1 aromatic carbocycles. The summed E-state index contributed by atoms with van der Waals surface area (Å²) < 4.78 is 40.4. The van der Waals surface area contributed by atoms with Gasteiger partial charge in [-0.2, -0.15) is 0 Å². The van der Waals surface area contributed by atoms with E-state index < -0.39 is 6.36 Å². The molecule has 2 nitrogen and oxygen atoms in total. The van der Waals surface area contributed by atoms with E-state index in [0.29, 0.717) is 5.92 Å². The Balaban J connectivity index is 2.07. The summed E-state index contributed by atoms with van der Waals surface area (Å²) in [6.45, 7) is 10.9. The third-order valence-electron chi connectivity index (χ3n) is 4.30. The van der Waals surface area contributed by atoms with Crippen LogP contribution in [0.25, 0.3) is 0 Å². The van der Waals surface area contributed by atoms with Crippen molar-refractivity contribution in [1.82, 2.24) is 0 Å². The van der Waals surface area contributed by atoms with Crippen LogP contribution in [0.1, 0.15) is 33.6 Å². The lowest BCUT2D eigenvalue weighted by molar-refractivity contribution is -0.274. The van der Waals surface area contributed by atoms with Gasteiger partial charge < -0.3 is 10.1 Å². The second-order valence-corrected chi connectivity index (χ2v) is 6.99. The highest BCUT2D eigenvalue weighted by molar-refractivity contribution is 5.47. The molecule has 0 aromatic heterocycles. The Labute approximate surface area is 130 Å². The van der Waals surface area contributed by atoms with Crippen molar-refractivity contribution in [1.29, 1.82) is 0 Å². The van der Waals surface area contributed by atoms with E-state index in [9.17, 15) is 13.2 Å². The van der Waals surface area contributed by atoms with Gasteiger partial charge in [-0.05, 0) is 61.3 Å². The van der Waals surface area contributed by atoms with Crippen LogP contribution in [-0.2, 0) is 0 Å². The molecular formula is C17H23F3NO. The summed E-state index contributed by atoms with van der Waals surface area (Å²) in [5, 5.41) is 3.43. The van der Waals surface area contributed by atoms with Gasteiger partial charge in [0.05, 0.1) is 0 Å². The Morgan fingerprint density at radius 1 is 1.23 bits per heavy atom. The van der Waals surface area contributed by atoms with Crippen molar-refractivity contribution in [2.75, 3.05) is 5.32 Å². The fraction of sp³-hybridized carbons (Fsp3) is 0.588. The summed E-state index contributed by atoms with van der Waals surface area (Å²) >= 11 is 0. The molecule has 1 unspecified atom stereocenters. The van der Waals surface area contributed by atoms with Crippen LogP contribution >= 0.6 is 0 Å². The fourth-order valence-electron chi connectivity index (χ4n) is 3.64. The third kappa shape index (κ3) is 4.31. The lowest BCUT2D eigenvalue weighted by Crippen LogP contribution is -2.46. The molecule has 1 aliphatic carbocycles. The molecule has 0 saturated heterocycles. The van der Waals surface area contributed by atoms with Gasteiger partial charge in [0.1, 0.15) is 5.75 Å². The smallest absolute Gasteiger partial charge is 0.406 e. The molecule has 22 heavy (non-hydrogen) atoms. The molecule has 0 amide bonds. The summed E-state index contributed by atoms with van der Waals surface area (Å²) in [6.07, 6.45) is -2.50. The number of alkyl halides is 3. The van der Waals surface area contributed by atoms with E-state index in [0.717, 1.165) is 18.5 Å². The molecule has 0 heterocycles. The van der Waals surface area contributed by atoms with Gasteiger partial charge >= 0.3 is 6.36 Å². The maximum atomic E-state index is 12.2. The van der Waals surface area contributed by atoms with Gasteiger partial charge in [0.15, 0.2) is 0 Å². The van der Waals surface area contributed by atoms with Crippen LogP contribution in [0.15, 0.2) is 24.3 Å². The molecule has 1 aromatic rings. The second kappa shape index (κ2) is 6.01. The lowest BCUT2D eigenvalue weighted by atomic mass is 9.65. The first kappa shape index (κ1) is 17.0. The zero-order valence-corrected chi connectivity index (χ0v) is 13.2. The molecule has 1 N–H and O–H groups in total. The first-order valence-electron chi connectivity index (χ1n) is 7.52. The van der Waals surface area contributed by atoms with Crippen molar-refractivity contribution in [3.8, 4) is 5.75 Å². The molecule has 0 bridgehead atoms. The molecule has 1 radical (unpaired) electrons. The van der Waals surface area contributed by atoms with Crippen molar-refractivity contribution >= 4 is 5.69 Å². The molecule has 0 aliphatic heterocycles. The van der Waals surface area contributed by atoms with Gasteiger partial charge in [0.25, 0.3) is 0 Å². The van der Waals surface area contributed by atoms with Crippen LogP contribution in [0.2, 0.25) is 0 Å². The molecule has 5 heteroatoms. The highest BCUT2D eigenvalue weighted by atomic mass is 19.4. The Bertz CT molecular complexity index is 496. The van der Waals surface area contributed by atoms with E-state index in [1.165, 1.54) is 12.1 Å². The minimum absolute atomic E-state index is 0.0885. The number of nitrogens with one attached hydrogen (secondary N) is 1. The standard InChI is InChI=1S/C17H23F3NO/c1-11-9-12(2)15(16(3,4)10-11)21-13-5-7-14(8-6-13)22-17(18,19)20/h5-8,11-12,15,21H,2,9-10H2,1,3-4H3/t11?,12-,15+/m1/s1. The highest BCUT2D eigenvalue weighted by Gasteiger charge is 2.39. The van der Waals surface area contributed by atoms with Crippen molar-refractivity contribution in [2.24, 2.45) is 17.3 Å². The number of ether oxygens (including phenoxy) is 1. The van der Waals surface area contributed by atoms with Gasteiger partial charge in [-0.1, -0.05) is 20.8 Å². The largest absolute Gasteiger partial charge is 0.573 e. The second-order valence-electron chi connectivity index (χ2n) is 6.99. The molecule has 0 spiro atoms. The van der Waals surface area contributed by atoms with Gasteiger partial charge in [-0.3, -0.25) is 0 Å². The number of hydrogen-bond donors (Lipinski definition) is 1. The Morgan fingerprint density at radius 3 is 2.32 bits per heavy atom. The predicted molar refractivity (Wildman–Crippen MR) is 81.6 cm³/mol. The van der Waals surface area contributed by atoms with E-state index >= 15 is 0 Å². The molecule has 1 fully saturated rings. The molecule has 3 atom stereocenters. The van der Waals surface area contributed by atoms with Crippen LogP contribution in [0.5, 0.6) is 5.75 Å². The Morgan fingerprint density at radius 2 is 1.82 bits per heavy atom. The van der Waals surface area contributed by atoms with Gasteiger partial charge in [0.2, 0.25) is 0 Å². The number of hydrogen-bond acceptors (Lipinski definition) is 2. The van der Waals surface area contributed by atoms with E-state index in [4.69, 9.17) is 0 Å². The minimum atomic E-state index is -4.66. The summed E-state index contributed by atoms with van der Waals surface area (Å²) in [5.74, 6) is 0.698. The topological polar surface area (TPSA) is 21.3 Å². The van der Waals surface area contributed by atoms with Crippen molar-refractivity contribution in [3.05, 3.63) is 31.2 Å². The van der Waals surface area contributed by atoms with E-state index in [1.807, 2.05) is 0 Å². The van der Waals surface area contributed by atoms with Gasteiger partial charge in [0, 0.05) is 11.7 Å². The van der Waals surface area contributed by atoms with E-state index in [2.05, 4.69) is 37.7 Å². The van der Waals surface area contributed by atoms with Crippen molar-refractivity contribution in [2.45, 2.75) is 46.0 Å². The SMILES string of the molecule is [CH2][C@@H]1CC(C)CC(C)(C)[C@H]1Nc1ccc(OC(F)(F)F)cc1. The minimum Gasteiger partial charge on any atom is -0.406 e. The van der Waals surface area contributed by atoms with Crippen LogP contribution in [0.3, 0.4) is 0 Å². The van der Waals surface area contributed by atoms with Crippen molar-refractivity contribution in [3.63, 3.8) is 0 Å². The van der Waals surface area contributed by atoms with Gasteiger partial charge in [-0.15, -0.1) is 13.2 Å². The number of rotatable bonds is 3. The summed E-state index contributed by atoms with van der Waals surface area (Å²) in [7, 11) is 0. The average Bonchev–Trinajstić information content (AvgIpc) is 2.33. The maximum absolute atomic E-state index is 12.2. The quantitative estimate of drug-likeness (QED) is 0.820. The zero-order chi connectivity index (χ0) is 16.5. The van der Waals surface area contributed by atoms with E-state index in [-0.39, 0.29) is 23.1 Å². The van der Waals surface area contributed by atoms with Crippen LogP contribution in [0, 0.1) is 24.2 Å². The third-order valence-corrected chi connectivity index (χ3v) is 4.30. The van der Waals surface area contributed by atoms with Crippen LogP contribution < -0.4 is 10.1 Å². The lowest BCUT2D eigenvalue weighted by Gasteiger charge is -2.46. The average molecular weight is 314 g/mol. The summed E-state index contributed by atoms with van der Waals surface area (Å²) in [6, 6.07) is 6.07. The molecule has 1 aliphatic rings. The molecular weight excluding hydrogens is 291 g/mol. The molecule has 1 saturated carbocycles. The summed E-state index contributed by atoms with van der Waals surface area (Å²) in [4.78, 5) is 0.